The lowest BCUT2D eigenvalue weighted by molar-refractivity contribution is -0.143. The zero-order valence-electron chi connectivity index (χ0n) is 12.1. The van der Waals surface area contributed by atoms with Crippen molar-refractivity contribution in [1.29, 1.82) is 0 Å². The summed E-state index contributed by atoms with van der Waals surface area (Å²) in [6.07, 6.45) is 1.26. The van der Waals surface area contributed by atoms with Crippen LogP contribution in [-0.4, -0.2) is 42.1 Å². The fourth-order valence-corrected chi connectivity index (χ4v) is 4.54. The topological polar surface area (TPSA) is 74.7 Å². The van der Waals surface area contributed by atoms with Crippen molar-refractivity contribution in [2.45, 2.75) is 32.2 Å². The molecular weight excluding hydrogens is 290 g/mol. The molecule has 0 bridgehead atoms. The van der Waals surface area contributed by atoms with Gasteiger partial charge in [-0.15, -0.1) is 0 Å². The second-order valence-corrected chi connectivity index (χ2v) is 7.61. The predicted molar refractivity (Wildman–Crippen MR) is 80.5 cm³/mol. The summed E-state index contributed by atoms with van der Waals surface area (Å²) in [6, 6.07) is 9.26. The normalized spacial score (nSPS) is 23.9. The highest BCUT2D eigenvalue weighted by Gasteiger charge is 2.35. The molecule has 0 amide bonds. The number of benzene rings is 1. The Hall–Kier alpha value is -1.40. The smallest absolute Gasteiger partial charge is 0.306 e. The molecule has 0 saturated carbocycles. The molecule has 5 nitrogen and oxygen atoms in total. The van der Waals surface area contributed by atoms with Crippen LogP contribution < -0.4 is 0 Å². The van der Waals surface area contributed by atoms with Crippen LogP contribution in [0, 0.1) is 5.92 Å². The first-order chi connectivity index (χ1) is 9.90. The Morgan fingerprint density at radius 2 is 2.00 bits per heavy atom. The molecule has 0 radical (unpaired) electrons. The fourth-order valence-electron chi connectivity index (χ4n) is 2.80. The van der Waals surface area contributed by atoms with Crippen LogP contribution in [-0.2, 0) is 21.2 Å². The van der Waals surface area contributed by atoms with Crippen molar-refractivity contribution in [3.63, 3.8) is 0 Å². The second-order valence-electron chi connectivity index (χ2n) is 5.57. The number of nitrogens with zero attached hydrogens (tertiary/aromatic N) is 1. The van der Waals surface area contributed by atoms with Crippen LogP contribution in [0.3, 0.4) is 0 Å². The molecule has 1 N–H and O–H groups in total. The number of hydrogen-bond donors (Lipinski definition) is 1. The van der Waals surface area contributed by atoms with Gasteiger partial charge in [0.15, 0.2) is 0 Å². The molecule has 1 aromatic rings. The van der Waals surface area contributed by atoms with E-state index in [1.807, 2.05) is 30.3 Å². The van der Waals surface area contributed by atoms with Gasteiger partial charge in [-0.25, -0.2) is 8.42 Å². The Bertz CT molecular complexity index is 585. The van der Waals surface area contributed by atoms with Gasteiger partial charge < -0.3 is 5.11 Å². The molecule has 1 fully saturated rings. The van der Waals surface area contributed by atoms with Gasteiger partial charge in [-0.3, -0.25) is 4.79 Å². The average molecular weight is 311 g/mol. The molecule has 1 aliphatic rings. The van der Waals surface area contributed by atoms with E-state index in [4.69, 9.17) is 5.11 Å². The van der Waals surface area contributed by atoms with Gasteiger partial charge in [0.1, 0.15) is 0 Å². The fraction of sp³-hybridized carbons (Fsp3) is 0.533. The number of aliphatic carboxylic acids is 1. The summed E-state index contributed by atoms with van der Waals surface area (Å²) < 4.78 is 26.3. The first kappa shape index (κ1) is 16.0. The number of carboxylic acids is 1. The summed E-state index contributed by atoms with van der Waals surface area (Å²) in [7, 11) is -3.34. The molecule has 116 valence electrons. The van der Waals surface area contributed by atoms with Crippen LogP contribution in [0.4, 0.5) is 0 Å². The van der Waals surface area contributed by atoms with Crippen LogP contribution in [0.2, 0.25) is 0 Å². The number of hydrogen-bond acceptors (Lipinski definition) is 3. The summed E-state index contributed by atoms with van der Waals surface area (Å²) in [5.41, 5.74) is 0.995. The van der Waals surface area contributed by atoms with Gasteiger partial charge >= 0.3 is 5.97 Å². The Kier molecular flexibility index (Phi) is 5.00. The Labute approximate surface area is 125 Å². The van der Waals surface area contributed by atoms with Gasteiger partial charge in [-0.05, 0) is 31.7 Å². The van der Waals surface area contributed by atoms with E-state index < -0.39 is 21.9 Å². The summed E-state index contributed by atoms with van der Waals surface area (Å²) in [4.78, 5) is 11.0. The van der Waals surface area contributed by atoms with Crippen molar-refractivity contribution in [3.8, 4) is 0 Å². The van der Waals surface area contributed by atoms with E-state index in [0.717, 1.165) is 5.56 Å². The van der Waals surface area contributed by atoms with Crippen LogP contribution >= 0.6 is 0 Å². The third-order valence-corrected chi connectivity index (χ3v) is 5.99. The minimum atomic E-state index is -3.34. The van der Waals surface area contributed by atoms with E-state index in [9.17, 15) is 13.2 Å². The molecule has 1 aromatic carbocycles. The van der Waals surface area contributed by atoms with Gasteiger partial charge in [-0.2, -0.15) is 4.31 Å². The van der Waals surface area contributed by atoms with Crippen LogP contribution in [0.25, 0.3) is 0 Å². The molecule has 0 aromatic heterocycles. The SMILES string of the molecule is CC1CC(C(=O)O)CCN1S(=O)(=O)CCc1ccccc1. The van der Waals surface area contributed by atoms with E-state index in [-0.39, 0.29) is 11.8 Å². The minimum absolute atomic E-state index is 0.0685. The lowest BCUT2D eigenvalue weighted by Gasteiger charge is -2.35. The quantitative estimate of drug-likeness (QED) is 0.899. The van der Waals surface area contributed by atoms with E-state index in [0.29, 0.717) is 25.8 Å². The molecule has 0 spiro atoms. The second kappa shape index (κ2) is 6.58. The van der Waals surface area contributed by atoms with Crippen molar-refractivity contribution in [3.05, 3.63) is 35.9 Å². The molecule has 2 atom stereocenters. The van der Waals surface area contributed by atoms with E-state index in [1.54, 1.807) is 6.92 Å². The molecule has 0 aliphatic carbocycles. The number of sulfonamides is 1. The Morgan fingerprint density at radius 1 is 1.33 bits per heavy atom. The van der Waals surface area contributed by atoms with E-state index >= 15 is 0 Å². The summed E-state index contributed by atoms with van der Waals surface area (Å²) >= 11 is 0. The number of aryl methyl sites for hydroxylation is 1. The summed E-state index contributed by atoms with van der Waals surface area (Å²) in [6.45, 7) is 2.09. The molecule has 21 heavy (non-hydrogen) atoms. The molecule has 2 rings (SSSR count). The van der Waals surface area contributed by atoms with Crippen molar-refractivity contribution in [1.82, 2.24) is 4.31 Å². The van der Waals surface area contributed by atoms with Gasteiger partial charge in [0.2, 0.25) is 10.0 Å². The number of carbonyl (C=O) groups is 1. The number of rotatable bonds is 5. The lowest BCUT2D eigenvalue weighted by Crippen LogP contribution is -2.47. The van der Waals surface area contributed by atoms with Crippen molar-refractivity contribution in [2.24, 2.45) is 5.92 Å². The maximum absolute atomic E-state index is 12.4. The average Bonchev–Trinajstić information content (AvgIpc) is 2.46. The monoisotopic (exact) mass is 311 g/mol. The zero-order chi connectivity index (χ0) is 15.5. The van der Waals surface area contributed by atoms with Crippen LogP contribution in [0.15, 0.2) is 30.3 Å². The van der Waals surface area contributed by atoms with Crippen molar-refractivity contribution in [2.75, 3.05) is 12.3 Å². The molecule has 6 heteroatoms. The highest BCUT2D eigenvalue weighted by molar-refractivity contribution is 7.89. The third-order valence-electron chi connectivity index (χ3n) is 4.01. The number of carboxylic acid groups (broad SMARTS) is 1. The Balaban J connectivity index is 1.98. The van der Waals surface area contributed by atoms with Crippen LogP contribution in [0.1, 0.15) is 25.3 Å². The molecule has 1 aliphatic heterocycles. The highest BCUT2D eigenvalue weighted by atomic mass is 32.2. The molecule has 1 heterocycles. The molecule has 2 unspecified atom stereocenters. The summed E-state index contributed by atoms with van der Waals surface area (Å²) in [5.74, 6) is -1.19. The zero-order valence-corrected chi connectivity index (χ0v) is 12.9. The van der Waals surface area contributed by atoms with Crippen molar-refractivity contribution < 1.29 is 18.3 Å². The van der Waals surface area contributed by atoms with E-state index in [2.05, 4.69) is 0 Å². The van der Waals surface area contributed by atoms with Gasteiger partial charge in [0, 0.05) is 12.6 Å². The first-order valence-electron chi connectivity index (χ1n) is 7.16. The maximum Gasteiger partial charge on any atom is 0.306 e. The molecule has 1 saturated heterocycles. The van der Waals surface area contributed by atoms with Gasteiger partial charge in [0.05, 0.1) is 11.7 Å². The first-order valence-corrected chi connectivity index (χ1v) is 8.77. The Morgan fingerprint density at radius 3 is 2.57 bits per heavy atom. The van der Waals surface area contributed by atoms with Crippen molar-refractivity contribution >= 4 is 16.0 Å². The standard InChI is InChI=1S/C15H21NO4S/c1-12-11-14(15(17)18)7-9-16(12)21(19,20)10-8-13-5-3-2-4-6-13/h2-6,12,14H,7-11H2,1H3,(H,17,18). The van der Waals surface area contributed by atoms with E-state index in [1.165, 1.54) is 4.31 Å². The van der Waals surface area contributed by atoms with Gasteiger partial charge in [0.25, 0.3) is 0 Å². The lowest BCUT2D eigenvalue weighted by atomic mass is 9.93. The van der Waals surface area contributed by atoms with Gasteiger partial charge in [-0.1, -0.05) is 30.3 Å². The van der Waals surface area contributed by atoms with Crippen LogP contribution in [0.5, 0.6) is 0 Å². The minimum Gasteiger partial charge on any atom is -0.481 e. The number of piperidine rings is 1. The maximum atomic E-state index is 12.4. The largest absolute Gasteiger partial charge is 0.481 e. The summed E-state index contributed by atoms with van der Waals surface area (Å²) in [5, 5.41) is 9.03. The molecular formula is C15H21NO4S. The third kappa shape index (κ3) is 4.04. The highest BCUT2D eigenvalue weighted by Crippen LogP contribution is 2.25. The predicted octanol–water partition coefficient (Wildman–Crippen LogP) is 1.74.